The second kappa shape index (κ2) is 19.3. The highest BCUT2D eigenvalue weighted by Gasteiger charge is 2.52. The van der Waals surface area contributed by atoms with E-state index in [0.29, 0.717) is 0 Å². The minimum atomic E-state index is -0.336. The van der Waals surface area contributed by atoms with Crippen molar-refractivity contribution >= 4 is 148 Å². The molecule has 0 radical (unpaired) electrons. The van der Waals surface area contributed by atoms with Crippen LogP contribution in [0.4, 0.5) is 0 Å². The molecule has 0 N–H and O–H groups in total. The second-order valence-electron chi connectivity index (χ2n) is 18.5. The van der Waals surface area contributed by atoms with Gasteiger partial charge in [-0.2, -0.15) is 0 Å². The van der Waals surface area contributed by atoms with Crippen molar-refractivity contribution in [2.45, 2.75) is 38.9 Å². The molecule has 0 aliphatic carbocycles. The molecule has 2 aromatic heterocycles. The van der Waals surface area contributed by atoms with E-state index in [1.54, 1.807) is 22.7 Å². The van der Waals surface area contributed by atoms with Gasteiger partial charge in [-0.1, -0.05) is 182 Å². The predicted octanol–water partition coefficient (Wildman–Crippen LogP) is 19.7. The molecule has 1 fully saturated rings. The number of rotatable bonds is 4. The zero-order valence-corrected chi connectivity index (χ0v) is 45.4. The molecule has 70 heavy (non-hydrogen) atoms. The van der Waals surface area contributed by atoms with E-state index in [9.17, 15) is 0 Å². The SMILES string of the molecule is Brc1c2ccccc2c(-c2ccc(-c3cccs3)c3ccccc23)c2ccccc12.Brc1c2ccccc2c(Br)c2ccccc12.CC1(C)OB(c2ccc(-c3cccs3)c3ccccc23)OC1(C)C. The van der Waals surface area contributed by atoms with E-state index in [2.05, 4.69) is 280 Å². The Morgan fingerprint density at radius 3 is 1.01 bits per heavy atom. The molecular formula is C62H46BBr3O2S2. The molecule has 1 aliphatic rings. The molecule has 342 valence electrons. The molecule has 10 aromatic carbocycles. The number of benzene rings is 10. The first-order chi connectivity index (χ1) is 34.0. The third-order valence-electron chi connectivity index (χ3n) is 13.9. The summed E-state index contributed by atoms with van der Waals surface area (Å²) in [6.07, 6.45) is 0. The largest absolute Gasteiger partial charge is 0.495 e. The van der Waals surface area contributed by atoms with Crippen molar-refractivity contribution in [1.29, 1.82) is 0 Å². The van der Waals surface area contributed by atoms with Gasteiger partial charge in [-0.15, -0.1) is 22.7 Å². The molecule has 8 heteroatoms. The highest BCUT2D eigenvalue weighted by Crippen LogP contribution is 2.46. The van der Waals surface area contributed by atoms with E-state index >= 15 is 0 Å². The lowest BCUT2D eigenvalue weighted by atomic mass is 9.75. The fourth-order valence-corrected chi connectivity index (χ4v) is 13.3. The van der Waals surface area contributed by atoms with Crippen LogP contribution >= 0.6 is 70.5 Å². The van der Waals surface area contributed by atoms with Gasteiger partial charge in [-0.25, -0.2) is 0 Å². The molecule has 3 heterocycles. The maximum absolute atomic E-state index is 6.27. The smallest absolute Gasteiger partial charge is 0.399 e. The van der Waals surface area contributed by atoms with E-state index in [1.807, 2.05) is 0 Å². The fourth-order valence-electron chi connectivity index (χ4n) is 9.70. The van der Waals surface area contributed by atoms with Gasteiger partial charge < -0.3 is 9.31 Å². The molecule has 0 spiro atoms. The fraction of sp³-hybridized carbons (Fsp3) is 0.0968. The summed E-state index contributed by atoms with van der Waals surface area (Å²) >= 11 is 14.8. The van der Waals surface area contributed by atoms with Gasteiger partial charge in [-0.05, 0) is 191 Å². The first kappa shape index (κ1) is 46.9. The summed E-state index contributed by atoms with van der Waals surface area (Å²) in [5.41, 5.74) is 5.60. The van der Waals surface area contributed by atoms with Crippen molar-refractivity contribution in [2.75, 3.05) is 0 Å². The minimum absolute atomic E-state index is 0.328. The lowest BCUT2D eigenvalue weighted by Gasteiger charge is -2.32. The van der Waals surface area contributed by atoms with Crippen LogP contribution in [0.5, 0.6) is 0 Å². The lowest BCUT2D eigenvalue weighted by molar-refractivity contribution is 0.00578. The highest BCUT2D eigenvalue weighted by atomic mass is 79.9. The van der Waals surface area contributed by atoms with Crippen molar-refractivity contribution in [3.05, 3.63) is 218 Å². The number of fused-ring (bicyclic) bond motifs is 6. The van der Waals surface area contributed by atoms with Crippen molar-refractivity contribution in [3.63, 3.8) is 0 Å². The molecule has 0 amide bonds. The van der Waals surface area contributed by atoms with Crippen LogP contribution in [0.25, 0.3) is 96.6 Å². The minimum Gasteiger partial charge on any atom is -0.399 e. The van der Waals surface area contributed by atoms with E-state index in [-0.39, 0.29) is 18.3 Å². The quantitative estimate of drug-likeness (QED) is 0.129. The van der Waals surface area contributed by atoms with Gasteiger partial charge in [0.25, 0.3) is 0 Å². The number of halogens is 3. The van der Waals surface area contributed by atoms with Crippen LogP contribution in [0.3, 0.4) is 0 Å². The zero-order valence-electron chi connectivity index (χ0n) is 39.0. The van der Waals surface area contributed by atoms with Gasteiger partial charge in [0.2, 0.25) is 0 Å². The predicted molar refractivity (Wildman–Crippen MR) is 315 cm³/mol. The zero-order chi connectivity index (χ0) is 48.1. The average molecular weight is 1140 g/mol. The van der Waals surface area contributed by atoms with Crippen molar-refractivity contribution in [2.24, 2.45) is 0 Å². The monoisotopic (exact) mass is 1130 g/mol. The molecule has 2 nitrogen and oxygen atoms in total. The van der Waals surface area contributed by atoms with Gasteiger partial charge in [0.1, 0.15) is 0 Å². The first-order valence-electron chi connectivity index (χ1n) is 23.3. The van der Waals surface area contributed by atoms with Crippen LogP contribution in [0.2, 0.25) is 0 Å². The summed E-state index contributed by atoms with van der Waals surface area (Å²) in [5, 5.41) is 19.3. The van der Waals surface area contributed by atoms with Gasteiger partial charge in [0.05, 0.1) is 11.2 Å². The van der Waals surface area contributed by atoms with Crippen molar-refractivity contribution in [1.82, 2.24) is 0 Å². The summed E-state index contributed by atoms with van der Waals surface area (Å²) in [6.45, 7) is 8.37. The number of thiophene rings is 2. The third kappa shape index (κ3) is 8.45. The maximum Gasteiger partial charge on any atom is 0.495 e. The molecule has 0 bridgehead atoms. The van der Waals surface area contributed by atoms with Crippen LogP contribution in [-0.2, 0) is 9.31 Å². The summed E-state index contributed by atoms with van der Waals surface area (Å²) in [4.78, 5) is 2.59. The normalized spacial score (nSPS) is 14.0. The van der Waals surface area contributed by atoms with Crippen LogP contribution in [-0.4, -0.2) is 18.3 Å². The number of hydrogen-bond donors (Lipinski definition) is 0. The maximum atomic E-state index is 6.27. The van der Waals surface area contributed by atoms with Crippen molar-refractivity contribution < 1.29 is 9.31 Å². The standard InChI is InChI=1S/C28H17BrS.C20H21BO2S.C14H8Br2/c29-28-24-12-5-3-10-21(24)27(22-11-4-6-13-25(22)28)23-16-15-20(26-14-7-17-30-26)18-8-1-2-9-19(18)23;1-19(2)20(3,4)23-21(22-19)17-12-11-16(18-10-7-13-24-18)14-8-5-6-9-15(14)17;15-13-9-5-1-2-6-10(9)14(16)12-8-4-3-7-11(12)13/h1-17H;5-13H,1-4H3;1-8H. The molecular weight excluding hydrogens is 1090 g/mol. The van der Waals surface area contributed by atoms with Gasteiger partial charge in [0.15, 0.2) is 0 Å². The van der Waals surface area contributed by atoms with E-state index in [1.165, 1.54) is 106 Å². The topological polar surface area (TPSA) is 18.5 Å². The molecule has 1 saturated heterocycles. The van der Waals surface area contributed by atoms with Crippen molar-refractivity contribution in [3.8, 4) is 32.0 Å². The van der Waals surface area contributed by atoms with Crippen LogP contribution in [0.1, 0.15) is 27.7 Å². The van der Waals surface area contributed by atoms with Gasteiger partial charge >= 0.3 is 7.12 Å². The summed E-state index contributed by atoms with van der Waals surface area (Å²) < 4.78 is 16.0. The summed E-state index contributed by atoms with van der Waals surface area (Å²) in [5.74, 6) is 0. The summed E-state index contributed by atoms with van der Waals surface area (Å²) in [7, 11) is -0.336. The third-order valence-corrected chi connectivity index (χ3v) is 18.3. The van der Waals surface area contributed by atoms with E-state index in [4.69, 9.17) is 9.31 Å². The Morgan fingerprint density at radius 2 is 0.629 bits per heavy atom. The number of hydrogen-bond acceptors (Lipinski definition) is 4. The Bertz CT molecular complexity index is 3710. The van der Waals surface area contributed by atoms with Crippen LogP contribution < -0.4 is 5.46 Å². The Labute approximate surface area is 442 Å². The molecule has 0 atom stereocenters. The Morgan fingerprint density at radius 1 is 0.329 bits per heavy atom. The van der Waals surface area contributed by atoms with E-state index < -0.39 is 0 Å². The average Bonchev–Trinajstić information content (AvgIpc) is 4.18. The lowest BCUT2D eigenvalue weighted by Crippen LogP contribution is -2.41. The van der Waals surface area contributed by atoms with Crippen LogP contribution in [0, 0.1) is 0 Å². The molecule has 12 aromatic rings. The summed E-state index contributed by atoms with van der Waals surface area (Å²) in [6, 6.07) is 69.0. The Balaban J connectivity index is 0.000000120. The van der Waals surface area contributed by atoms with E-state index in [0.717, 1.165) is 9.94 Å². The highest BCUT2D eigenvalue weighted by molar-refractivity contribution is 9.11. The van der Waals surface area contributed by atoms with Gasteiger partial charge in [-0.3, -0.25) is 0 Å². The second-order valence-corrected chi connectivity index (χ2v) is 22.8. The Kier molecular flexibility index (Phi) is 12.9. The molecule has 1 aliphatic heterocycles. The van der Waals surface area contributed by atoms with Gasteiger partial charge in [0, 0.05) is 23.2 Å². The molecule has 0 unspecified atom stereocenters. The molecule has 13 rings (SSSR count). The Hall–Kier alpha value is -5.42. The van der Waals surface area contributed by atoms with Crippen LogP contribution in [0.15, 0.2) is 218 Å². The molecule has 0 saturated carbocycles. The first-order valence-corrected chi connectivity index (χ1v) is 27.4.